The lowest BCUT2D eigenvalue weighted by molar-refractivity contribution is -0.139. The molecular formula is C19H18N2O5S. The fourth-order valence-electron chi connectivity index (χ4n) is 2.85. The summed E-state index contributed by atoms with van der Waals surface area (Å²) >= 11 is 1.10. The number of para-hydroxylation sites is 2. The van der Waals surface area contributed by atoms with Crippen molar-refractivity contribution in [2.75, 3.05) is 12.4 Å². The third-order valence-corrected chi connectivity index (χ3v) is 4.82. The molecule has 0 fully saturated rings. The first-order valence-corrected chi connectivity index (χ1v) is 9.22. The van der Waals surface area contributed by atoms with Crippen LogP contribution in [0.15, 0.2) is 33.9 Å². The number of aromatic nitrogens is 2. The summed E-state index contributed by atoms with van der Waals surface area (Å²) in [5.74, 6) is -1.08. The van der Waals surface area contributed by atoms with Crippen LogP contribution in [-0.2, 0) is 9.53 Å². The number of fused-ring (bicyclic) bond motifs is 1. The van der Waals surface area contributed by atoms with Crippen LogP contribution in [0, 0.1) is 13.8 Å². The molecule has 0 saturated heterocycles. The molecule has 0 aliphatic rings. The van der Waals surface area contributed by atoms with Gasteiger partial charge in [-0.05, 0) is 38.5 Å². The first-order valence-electron chi connectivity index (χ1n) is 8.24. The number of benzene rings is 1. The minimum Gasteiger partial charge on any atom is -0.457 e. The maximum Gasteiger partial charge on any atom is 0.316 e. The average Bonchev–Trinajstić information content (AvgIpc) is 3.17. The molecule has 0 radical (unpaired) electrons. The Morgan fingerprint density at radius 3 is 2.63 bits per heavy atom. The smallest absolute Gasteiger partial charge is 0.316 e. The van der Waals surface area contributed by atoms with E-state index in [1.165, 1.54) is 6.92 Å². The number of ether oxygens (including phenoxy) is 1. The van der Waals surface area contributed by atoms with Gasteiger partial charge in [0, 0.05) is 11.3 Å². The van der Waals surface area contributed by atoms with Crippen molar-refractivity contribution in [3.63, 3.8) is 0 Å². The highest BCUT2D eigenvalue weighted by Crippen LogP contribution is 2.23. The summed E-state index contributed by atoms with van der Waals surface area (Å²) in [4.78, 5) is 43.0. The minimum absolute atomic E-state index is 0.0263. The standard InChI is InChI=1S/C19H18N2O5S/c1-10-17(12(3)22)11(2)20-18(10)14(23)8-25-16(24)9-27-19-21-13-6-4-5-7-15(13)26-19/h4-7,20H,8-9H2,1-3H3. The van der Waals surface area contributed by atoms with Gasteiger partial charge in [0.25, 0.3) is 5.22 Å². The van der Waals surface area contributed by atoms with Crippen LogP contribution in [0.25, 0.3) is 11.1 Å². The second kappa shape index (κ2) is 7.79. The fraction of sp³-hybridized carbons (Fsp3) is 0.263. The van der Waals surface area contributed by atoms with Gasteiger partial charge in [-0.15, -0.1) is 0 Å². The Bertz CT molecular complexity index is 1000. The van der Waals surface area contributed by atoms with Crippen molar-refractivity contribution in [1.82, 2.24) is 9.97 Å². The van der Waals surface area contributed by atoms with E-state index in [1.807, 2.05) is 18.2 Å². The van der Waals surface area contributed by atoms with Gasteiger partial charge in [0.05, 0.1) is 5.69 Å². The Labute approximate surface area is 159 Å². The summed E-state index contributed by atoms with van der Waals surface area (Å²) < 4.78 is 10.5. The number of H-pyrrole nitrogens is 1. The van der Waals surface area contributed by atoms with Crippen molar-refractivity contribution in [2.24, 2.45) is 0 Å². The summed E-state index contributed by atoms with van der Waals surface area (Å²) in [5.41, 5.74) is 3.33. The summed E-state index contributed by atoms with van der Waals surface area (Å²) in [6.07, 6.45) is 0. The number of esters is 1. The molecule has 0 unspecified atom stereocenters. The SMILES string of the molecule is CC(=O)c1c(C)[nH]c(C(=O)COC(=O)CSc2nc3ccccc3o2)c1C. The van der Waals surface area contributed by atoms with Crippen molar-refractivity contribution in [3.05, 3.63) is 46.8 Å². The zero-order valence-corrected chi connectivity index (χ0v) is 15.9. The highest BCUT2D eigenvalue weighted by molar-refractivity contribution is 7.99. The van der Waals surface area contributed by atoms with Crippen molar-refractivity contribution >= 4 is 40.4 Å². The Morgan fingerprint density at radius 1 is 1.22 bits per heavy atom. The Balaban J connectivity index is 1.55. The van der Waals surface area contributed by atoms with Crippen molar-refractivity contribution in [2.45, 2.75) is 26.0 Å². The molecule has 0 aliphatic carbocycles. The zero-order valence-electron chi connectivity index (χ0n) is 15.1. The first kappa shape index (κ1) is 18.9. The van der Waals surface area contributed by atoms with Gasteiger partial charge in [-0.2, -0.15) is 0 Å². The van der Waals surface area contributed by atoms with Crippen LogP contribution in [0.5, 0.6) is 0 Å². The number of nitrogens with zero attached hydrogens (tertiary/aromatic N) is 1. The molecule has 0 bridgehead atoms. The number of rotatable bonds is 7. The molecule has 8 heteroatoms. The average molecular weight is 386 g/mol. The number of aryl methyl sites for hydroxylation is 1. The van der Waals surface area contributed by atoms with Gasteiger partial charge in [-0.25, -0.2) is 4.98 Å². The van der Waals surface area contributed by atoms with Crippen LogP contribution in [0.3, 0.4) is 0 Å². The molecule has 0 saturated carbocycles. The van der Waals surface area contributed by atoms with Crippen LogP contribution in [0.4, 0.5) is 0 Å². The van der Waals surface area contributed by atoms with Crippen LogP contribution in [0.1, 0.15) is 39.0 Å². The molecule has 140 valence electrons. The molecule has 0 atom stereocenters. The lowest BCUT2D eigenvalue weighted by atomic mass is 10.1. The largest absolute Gasteiger partial charge is 0.457 e. The van der Waals surface area contributed by atoms with Gasteiger partial charge in [-0.3, -0.25) is 14.4 Å². The molecule has 0 aliphatic heterocycles. The summed E-state index contributed by atoms with van der Waals surface area (Å²) in [6.45, 7) is 4.47. The van der Waals surface area contributed by atoms with Crippen molar-refractivity contribution < 1.29 is 23.5 Å². The topological polar surface area (TPSA) is 102 Å². The molecule has 7 nitrogen and oxygen atoms in total. The van der Waals surface area contributed by atoms with Gasteiger partial charge in [0.1, 0.15) is 11.3 Å². The molecule has 27 heavy (non-hydrogen) atoms. The number of carbonyl (C=O) groups is 3. The summed E-state index contributed by atoms with van der Waals surface area (Å²) in [6, 6.07) is 7.29. The molecule has 2 heterocycles. The quantitative estimate of drug-likeness (QED) is 0.377. The zero-order chi connectivity index (χ0) is 19.6. The Morgan fingerprint density at radius 2 is 1.96 bits per heavy atom. The van der Waals surface area contributed by atoms with Crippen LogP contribution in [-0.4, -0.2) is 39.9 Å². The van der Waals surface area contributed by atoms with E-state index >= 15 is 0 Å². The number of Topliss-reactive ketones (excluding diaryl/α,β-unsaturated/α-hetero) is 2. The third kappa shape index (κ3) is 4.11. The van der Waals surface area contributed by atoms with Gasteiger partial charge in [0.2, 0.25) is 5.78 Å². The van der Waals surface area contributed by atoms with E-state index in [9.17, 15) is 14.4 Å². The third-order valence-electron chi connectivity index (χ3n) is 4.02. The lowest BCUT2D eigenvalue weighted by Gasteiger charge is -2.03. The second-order valence-corrected chi connectivity index (χ2v) is 6.93. The number of thioether (sulfide) groups is 1. The Kier molecular flexibility index (Phi) is 5.46. The molecule has 0 spiro atoms. The van der Waals surface area contributed by atoms with Crippen molar-refractivity contribution in [1.29, 1.82) is 0 Å². The fourth-order valence-corrected chi connectivity index (χ4v) is 3.49. The molecule has 1 aromatic carbocycles. The van der Waals surface area contributed by atoms with Gasteiger partial charge < -0.3 is 14.1 Å². The van der Waals surface area contributed by atoms with E-state index in [2.05, 4.69) is 9.97 Å². The Hall–Kier alpha value is -2.87. The number of carbonyl (C=O) groups excluding carboxylic acids is 3. The van der Waals surface area contributed by atoms with Gasteiger partial charge in [0.15, 0.2) is 18.0 Å². The number of oxazole rings is 1. The van der Waals surface area contributed by atoms with Gasteiger partial charge >= 0.3 is 5.97 Å². The van der Waals surface area contributed by atoms with E-state index in [4.69, 9.17) is 9.15 Å². The molecule has 3 aromatic rings. The number of aromatic amines is 1. The first-order chi connectivity index (χ1) is 12.9. The summed E-state index contributed by atoms with van der Waals surface area (Å²) in [7, 11) is 0. The van der Waals surface area contributed by atoms with Crippen LogP contribution in [0.2, 0.25) is 0 Å². The lowest BCUT2D eigenvalue weighted by Crippen LogP contribution is -2.16. The summed E-state index contributed by atoms with van der Waals surface area (Å²) in [5, 5.41) is 0.362. The second-order valence-electron chi connectivity index (χ2n) is 6.00. The molecular weight excluding hydrogens is 368 g/mol. The molecule has 0 amide bonds. The minimum atomic E-state index is -0.552. The van der Waals surface area contributed by atoms with Gasteiger partial charge in [-0.1, -0.05) is 23.9 Å². The van der Waals surface area contributed by atoms with Crippen LogP contribution < -0.4 is 0 Å². The highest BCUT2D eigenvalue weighted by Gasteiger charge is 2.21. The molecule has 2 aromatic heterocycles. The predicted molar refractivity (Wildman–Crippen MR) is 100 cm³/mol. The highest BCUT2D eigenvalue weighted by atomic mass is 32.2. The van der Waals surface area contributed by atoms with E-state index < -0.39 is 12.6 Å². The monoisotopic (exact) mass is 386 g/mol. The van der Waals surface area contributed by atoms with E-state index in [1.54, 1.807) is 19.9 Å². The maximum absolute atomic E-state index is 12.3. The number of ketones is 2. The van der Waals surface area contributed by atoms with E-state index in [0.29, 0.717) is 33.1 Å². The number of nitrogens with one attached hydrogen (secondary N) is 1. The van der Waals surface area contributed by atoms with E-state index in [0.717, 1.165) is 11.8 Å². The van der Waals surface area contributed by atoms with Crippen molar-refractivity contribution in [3.8, 4) is 0 Å². The predicted octanol–water partition coefficient (Wildman–Crippen LogP) is 3.49. The van der Waals surface area contributed by atoms with E-state index in [-0.39, 0.29) is 23.0 Å². The molecule has 1 N–H and O–H groups in total. The normalized spacial score (nSPS) is 10.9. The number of hydrogen-bond acceptors (Lipinski definition) is 7. The maximum atomic E-state index is 12.3. The molecule has 3 rings (SSSR count). The van der Waals surface area contributed by atoms with Crippen LogP contribution >= 0.6 is 11.8 Å². The number of hydrogen-bond donors (Lipinski definition) is 1.